The average molecular weight is 483 g/mol. The van der Waals surface area contributed by atoms with Gasteiger partial charge in [0.05, 0.1) is 0 Å². The van der Waals surface area contributed by atoms with Gasteiger partial charge in [0.15, 0.2) is 12.4 Å². The van der Waals surface area contributed by atoms with Gasteiger partial charge < -0.3 is 25.2 Å². The number of likely N-dealkylation sites (tertiary alicyclic amines) is 1. The van der Waals surface area contributed by atoms with Crippen LogP contribution in [0.2, 0.25) is 0 Å². The Morgan fingerprint density at radius 1 is 1.00 bits per heavy atom. The predicted molar refractivity (Wildman–Crippen MR) is 133 cm³/mol. The highest BCUT2D eigenvalue weighted by molar-refractivity contribution is 5.91. The van der Waals surface area contributed by atoms with Crippen LogP contribution in [0.4, 0.5) is 15.3 Å². The first-order chi connectivity index (χ1) is 17.1. The maximum atomic E-state index is 12.8. The summed E-state index contributed by atoms with van der Waals surface area (Å²) in [6, 6.07) is 7.95. The van der Waals surface area contributed by atoms with Gasteiger partial charge in [0, 0.05) is 37.8 Å². The van der Waals surface area contributed by atoms with Crippen LogP contribution in [-0.4, -0.2) is 73.1 Å². The number of anilines is 1. The van der Waals surface area contributed by atoms with E-state index in [-0.39, 0.29) is 24.5 Å². The van der Waals surface area contributed by atoms with E-state index in [1.54, 1.807) is 4.90 Å². The molecule has 1 aliphatic carbocycles. The lowest BCUT2D eigenvalue weighted by molar-refractivity contribution is -0.123. The molecule has 0 spiro atoms. The maximum Gasteiger partial charge on any atom is 0.410 e. The minimum atomic E-state index is -0.411. The topological polar surface area (TPSA) is 91.0 Å². The number of carbonyl (C=O) groups excluding carboxylic acids is 3. The highest BCUT2D eigenvalue weighted by Crippen LogP contribution is 2.39. The van der Waals surface area contributed by atoms with Gasteiger partial charge in [0.2, 0.25) is 0 Å². The van der Waals surface area contributed by atoms with E-state index in [0.717, 1.165) is 55.4 Å². The number of benzene rings is 1. The Hall–Kier alpha value is -2.61. The van der Waals surface area contributed by atoms with E-state index in [2.05, 4.69) is 16.7 Å². The molecule has 0 bridgehead atoms. The van der Waals surface area contributed by atoms with Crippen LogP contribution >= 0.6 is 0 Å². The minimum absolute atomic E-state index is 0.0317. The number of para-hydroxylation sites is 1. The number of nitrogens with one attached hydrogen (secondary N) is 2. The molecule has 3 heterocycles. The second kappa shape index (κ2) is 11.0. The molecular weight excluding hydrogens is 444 g/mol. The number of hydrogen-bond donors (Lipinski definition) is 2. The van der Waals surface area contributed by atoms with Crippen molar-refractivity contribution in [2.75, 3.05) is 44.6 Å². The molecule has 1 saturated carbocycles. The molecule has 3 atom stereocenters. The van der Waals surface area contributed by atoms with Gasteiger partial charge in [0.25, 0.3) is 0 Å². The molecule has 2 N–H and O–H groups in total. The summed E-state index contributed by atoms with van der Waals surface area (Å²) >= 11 is 0. The van der Waals surface area contributed by atoms with Crippen LogP contribution in [0.5, 0.6) is 0 Å². The largest absolute Gasteiger partial charge is 0.441 e. The number of ketones is 1. The van der Waals surface area contributed by atoms with Gasteiger partial charge in [-0.2, -0.15) is 0 Å². The second-order valence-electron chi connectivity index (χ2n) is 10.7. The summed E-state index contributed by atoms with van der Waals surface area (Å²) in [6.45, 7) is 3.86. The number of Topliss-reactive ketones (excluding diaryl/α,β-unsaturated/α-hetero) is 1. The van der Waals surface area contributed by atoms with Crippen LogP contribution < -0.4 is 10.6 Å². The maximum absolute atomic E-state index is 12.8. The fourth-order valence-corrected chi connectivity index (χ4v) is 6.52. The molecule has 3 aliphatic heterocycles. The summed E-state index contributed by atoms with van der Waals surface area (Å²) < 4.78 is 5.38. The number of piperidine rings is 1. The SMILES string of the molecule is O=C(COC(=O)N1CCC(N2CCc3ccccc3NC2=O)CC1)CC1CCC(C2CCNC2)C1. The molecule has 3 fully saturated rings. The molecule has 3 unspecified atom stereocenters. The molecule has 190 valence electrons. The molecule has 8 heteroatoms. The first kappa shape index (κ1) is 24.1. The number of urea groups is 1. The zero-order valence-corrected chi connectivity index (χ0v) is 20.5. The lowest BCUT2D eigenvalue weighted by Crippen LogP contribution is -2.50. The lowest BCUT2D eigenvalue weighted by Gasteiger charge is -2.37. The van der Waals surface area contributed by atoms with E-state index in [0.29, 0.717) is 44.8 Å². The Morgan fingerprint density at radius 3 is 2.63 bits per heavy atom. The van der Waals surface area contributed by atoms with Crippen LogP contribution in [0, 0.1) is 17.8 Å². The van der Waals surface area contributed by atoms with Crippen LogP contribution in [0.25, 0.3) is 0 Å². The van der Waals surface area contributed by atoms with E-state index in [1.165, 1.54) is 12.8 Å². The van der Waals surface area contributed by atoms with Crippen LogP contribution in [0.1, 0.15) is 50.5 Å². The first-order valence-corrected chi connectivity index (χ1v) is 13.4. The van der Waals surface area contributed by atoms with Gasteiger partial charge in [-0.3, -0.25) is 4.79 Å². The standard InChI is InChI=1S/C27H38N4O4/c32-24(16-19-5-6-21(15-19)22-7-11-28-17-22)18-35-27(34)30-12-9-23(10-13-30)31-14-8-20-3-1-2-4-25(20)29-26(31)33/h1-4,19,21-23,28H,5-18H2,(H,29,33). The Kier molecular flexibility index (Phi) is 7.56. The summed E-state index contributed by atoms with van der Waals surface area (Å²) in [5, 5.41) is 6.47. The lowest BCUT2D eigenvalue weighted by atomic mass is 9.89. The van der Waals surface area contributed by atoms with Crippen molar-refractivity contribution in [1.29, 1.82) is 0 Å². The first-order valence-electron chi connectivity index (χ1n) is 13.4. The van der Waals surface area contributed by atoms with Crippen molar-refractivity contribution in [3.05, 3.63) is 29.8 Å². The van der Waals surface area contributed by atoms with E-state index in [9.17, 15) is 14.4 Å². The number of nitrogens with zero attached hydrogens (tertiary/aromatic N) is 2. The molecule has 4 aliphatic rings. The average Bonchev–Trinajstić information content (AvgIpc) is 3.53. The second-order valence-corrected chi connectivity index (χ2v) is 10.7. The number of carbonyl (C=O) groups is 3. The third kappa shape index (κ3) is 5.80. The van der Waals surface area contributed by atoms with Crippen molar-refractivity contribution in [2.45, 2.75) is 57.4 Å². The number of fused-ring (bicyclic) bond motifs is 1. The Balaban J connectivity index is 1.02. The van der Waals surface area contributed by atoms with E-state index in [4.69, 9.17) is 4.74 Å². The van der Waals surface area contributed by atoms with Crippen molar-refractivity contribution in [1.82, 2.24) is 15.1 Å². The fraction of sp³-hybridized carbons (Fsp3) is 0.667. The van der Waals surface area contributed by atoms with Crippen molar-refractivity contribution in [3.63, 3.8) is 0 Å². The number of rotatable bonds is 6. The molecule has 0 aromatic heterocycles. The van der Waals surface area contributed by atoms with Gasteiger partial charge in [0.1, 0.15) is 0 Å². The van der Waals surface area contributed by atoms with Crippen LogP contribution in [0.3, 0.4) is 0 Å². The molecule has 5 rings (SSSR count). The summed E-state index contributed by atoms with van der Waals surface area (Å²) in [7, 11) is 0. The molecule has 8 nitrogen and oxygen atoms in total. The zero-order chi connectivity index (χ0) is 24.2. The fourth-order valence-electron chi connectivity index (χ4n) is 6.52. The Bertz CT molecular complexity index is 924. The van der Waals surface area contributed by atoms with Gasteiger partial charge in [-0.05, 0) is 87.4 Å². The van der Waals surface area contributed by atoms with Crippen molar-refractivity contribution < 1.29 is 19.1 Å². The van der Waals surface area contributed by atoms with Crippen molar-refractivity contribution >= 4 is 23.6 Å². The minimum Gasteiger partial charge on any atom is -0.441 e. The molecule has 35 heavy (non-hydrogen) atoms. The van der Waals surface area contributed by atoms with E-state index < -0.39 is 6.09 Å². The molecule has 1 aromatic rings. The molecule has 2 saturated heterocycles. The molecule has 3 amide bonds. The Labute approximate surface area is 207 Å². The monoisotopic (exact) mass is 482 g/mol. The Morgan fingerprint density at radius 2 is 1.83 bits per heavy atom. The quantitative estimate of drug-likeness (QED) is 0.646. The third-order valence-electron chi connectivity index (χ3n) is 8.53. The molecule has 1 aromatic carbocycles. The number of hydrogen-bond acceptors (Lipinski definition) is 5. The zero-order valence-electron chi connectivity index (χ0n) is 20.5. The number of amides is 3. The van der Waals surface area contributed by atoms with Gasteiger partial charge in [-0.15, -0.1) is 0 Å². The van der Waals surface area contributed by atoms with Crippen LogP contribution in [-0.2, 0) is 16.0 Å². The van der Waals surface area contributed by atoms with Crippen molar-refractivity contribution in [2.24, 2.45) is 17.8 Å². The van der Waals surface area contributed by atoms with Gasteiger partial charge in [-0.25, -0.2) is 9.59 Å². The highest BCUT2D eigenvalue weighted by Gasteiger charge is 2.34. The van der Waals surface area contributed by atoms with E-state index in [1.807, 2.05) is 23.1 Å². The van der Waals surface area contributed by atoms with Gasteiger partial charge >= 0.3 is 12.1 Å². The molecule has 0 radical (unpaired) electrons. The molecular formula is C27H38N4O4. The summed E-state index contributed by atoms with van der Waals surface area (Å²) in [5.41, 5.74) is 2.03. The summed E-state index contributed by atoms with van der Waals surface area (Å²) in [5.74, 6) is 1.98. The van der Waals surface area contributed by atoms with Gasteiger partial charge in [-0.1, -0.05) is 18.2 Å². The summed E-state index contributed by atoms with van der Waals surface area (Å²) in [6.07, 6.45) is 7.09. The smallest absolute Gasteiger partial charge is 0.410 e. The normalized spacial score (nSPS) is 27.3. The third-order valence-corrected chi connectivity index (χ3v) is 8.53. The summed E-state index contributed by atoms with van der Waals surface area (Å²) in [4.78, 5) is 41.4. The number of ether oxygens (including phenoxy) is 1. The highest BCUT2D eigenvalue weighted by atomic mass is 16.6. The van der Waals surface area contributed by atoms with E-state index >= 15 is 0 Å². The predicted octanol–water partition coefficient (Wildman–Crippen LogP) is 3.66. The van der Waals surface area contributed by atoms with Crippen molar-refractivity contribution in [3.8, 4) is 0 Å². The van der Waals surface area contributed by atoms with Crippen LogP contribution in [0.15, 0.2) is 24.3 Å².